The Morgan fingerprint density at radius 3 is 2.88 bits per heavy atom. The molecular weight excluding hydrogens is 344 g/mol. The zero-order valence-electron chi connectivity index (χ0n) is 12.3. The number of fused-ring (bicyclic) bond motifs is 1. The summed E-state index contributed by atoms with van der Waals surface area (Å²) in [6, 6.07) is 12.7. The Hall–Kier alpha value is -2.70. The lowest BCUT2D eigenvalue weighted by molar-refractivity contribution is 0.102. The molecule has 0 radical (unpaired) electrons. The summed E-state index contributed by atoms with van der Waals surface area (Å²) in [5.74, 6) is 0.488. The fraction of sp³-hybridized carbons (Fsp3) is 0. The summed E-state index contributed by atoms with van der Waals surface area (Å²) in [7, 11) is 0. The van der Waals surface area contributed by atoms with E-state index in [1.54, 1.807) is 47.9 Å². The van der Waals surface area contributed by atoms with Crippen LogP contribution in [0, 0.1) is 0 Å². The van der Waals surface area contributed by atoms with Gasteiger partial charge in [-0.05, 0) is 29.6 Å². The highest BCUT2D eigenvalue weighted by molar-refractivity contribution is 7.13. The van der Waals surface area contributed by atoms with Crippen molar-refractivity contribution in [2.24, 2.45) is 0 Å². The van der Waals surface area contributed by atoms with Crippen molar-refractivity contribution in [2.75, 3.05) is 5.32 Å². The van der Waals surface area contributed by atoms with Crippen molar-refractivity contribution in [2.45, 2.75) is 0 Å². The molecule has 3 heterocycles. The van der Waals surface area contributed by atoms with E-state index in [0.717, 1.165) is 16.2 Å². The van der Waals surface area contributed by atoms with Gasteiger partial charge in [-0.1, -0.05) is 29.8 Å². The van der Waals surface area contributed by atoms with Crippen LogP contribution in [0.1, 0.15) is 10.4 Å². The predicted octanol–water partition coefficient (Wildman–Crippen LogP) is 4.59. The van der Waals surface area contributed by atoms with E-state index in [-0.39, 0.29) is 5.91 Å². The van der Waals surface area contributed by atoms with E-state index in [0.29, 0.717) is 21.9 Å². The van der Waals surface area contributed by atoms with Crippen LogP contribution >= 0.6 is 22.9 Å². The first-order valence-electron chi connectivity index (χ1n) is 7.16. The Morgan fingerprint density at radius 2 is 2.08 bits per heavy atom. The van der Waals surface area contributed by atoms with Gasteiger partial charge in [0.25, 0.3) is 5.91 Å². The summed E-state index contributed by atoms with van der Waals surface area (Å²) in [5, 5.41) is 5.20. The Kier molecular flexibility index (Phi) is 3.76. The molecule has 1 amide bonds. The molecule has 5 nitrogen and oxygen atoms in total. The van der Waals surface area contributed by atoms with Crippen LogP contribution in [0.25, 0.3) is 21.9 Å². The number of thiophene rings is 1. The summed E-state index contributed by atoms with van der Waals surface area (Å²) >= 11 is 7.65. The molecule has 0 unspecified atom stereocenters. The molecule has 0 aliphatic carbocycles. The standard InChI is InChI=1S/C17H11ClN4OS/c18-12-5-2-1-4-11(12)17(23)20-10-8-13-15(19-9-10)22-16(21-13)14-6-3-7-24-14/h1-9H,(H,20,23)(H,19,21,22). The largest absolute Gasteiger partial charge is 0.336 e. The summed E-state index contributed by atoms with van der Waals surface area (Å²) < 4.78 is 0. The Morgan fingerprint density at radius 1 is 1.21 bits per heavy atom. The molecule has 2 N–H and O–H groups in total. The molecule has 3 aromatic heterocycles. The zero-order chi connectivity index (χ0) is 16.5. The number of rotatable bonds is 3. The number of aromatic amines is 1. The maximum atomic E-state index is 12.3. The monoisotopic (exact) mass is 354 g/mol. The molecule has 4 rings (SSSR count). The van der Waals surface area contributed by atoms with Gasteiger partial charge in [0.1, 0.15) is 5.82 Å². The van der Waals surface area contributed by atoms with Crippen molar-refractivity contribution in [1.29, 1.82) is 0 Å². The van der Waals surface area contributed by atoms with Crippen molar-refractivity contribution >= 4 is 45.7 Å². The van der Waals surface area contributed by atoms with Gasteiger partial charge in [-0.25, -0.2) is 9.97 Å². The molecule has 0 bridgehead atoms. The van der Waals surface area contributed by atoms with Gasteiger partial charge in [0.15, 0.2) is 5.65 Å². The van der Waals surface area contributed by atoms with Gasteiger partial charge in [-0.15, -0.1) is 11.3 Å². The van der Waals surface area contributed by atoms with Crippen molar-refractivity contribution in [3.05, 3.63) is 64.6 Å². The third-order valence-electron chi connectivity index (χ3n) is 3.47. The first kappa shape index (κ1) is 14.9. The van der Waals surface area contributed by atoms with E-state index in [2.05, 4.69) is 20.3 Å². The number of amides is 1. The first-order chi connectivity index (χ1) is 11.7. The Labute approximate surface area is 146 Å². The van der Waals surface area contributed by atoms with Crippen molar-refractivity contribution in [3.63, 3.8) is 0 Å². The Bertz CT molecular complexity index is 1030. The minimum atomic E-state index is -0.278. The molecule has 7 heteroatoms. The van der Waals surface area contributed by atoms with Gasteiger partial charge >= 0.3 is 0 Å². The van der Waals surface area contributed by atoms with E-state index in [1.165, 1.54) is 0 Å². The van der Waals surface area contributed by atoms with Gasteiger partial charge in [0.2, 0.25) is 0 Å². The highest BCUT2D eigenvalue weighted by Gasteiger charge is 2.12. The molecule has 0 aliphatic heterocycles. The molecular formula is C17H11ClN4OS. The number of carbonyl (C=O) groups excluding carboxylic acids is 1. The summed E-state index contributed by atoms with van der Waals surface area (Å²) in [5.41, 5.74) is 2.36. The van der Waals surface area contributed by atoms with Crippen LogP contribution in [0.3, 0.4) is 0 Å². The minimum absolute atomic E-state index is 0.278. The highest BCUT2D eigenvalue weighted by atomic mass is 35.5. The lowest BCUT2D eigenvalue weighted by Crippen LogP contribution is -2.12. The number of hydrogen-bond donors (Lipinski definition) is 2. The van der Waals surface area contributed by atoms with Crippen molar-refractivity contribution < 1.29 is 4.79 Å². The number of anilines is 1. The molecule has 0 atom stereocenters. The normalized spacial score (nSPS) is 10.9. The summed E-state index contributed by atoms with van der Waals surface area (Å²) in [4.78, 5) is 25.3. The van der Waals surface area contributed by atoms with Gasteiger partial charge in [-0.3, -0.25) is 4.79 Å². The van der Waals surface area contributed by atoms with E-state index in [1.807, 2.05) is 17.5 Å². The van der Waals surface area contributed by atoms with E-state index >= 15 is 0 Å². The number of benzene rings is 1. The fourth-order valence-corrected chi connectivity index (χ4v) is 3.23. The molecule has 118 valence electrons. The quantitative estimate of drug-likeness (QED) is 0.565. The SMILES string of the molecule is O=C(Nc1cnc2nc(-c3cccs3)[nH]c2c1)c1ccccc1Cl. The molecule has 4 aromatic rings. The van der Waals surface area contributed by atoms with Gasteiger partial charge in [0, 0.05) is 0 Å². The van der Waals surface area contributed by atoms with Gasteiger partial charge < -0.3 is 10.3 Å². The second kappa shape index (κ2) is 6.07. The molecule has 1 aromatic carbocycles. The molecule has 0 spiro atoms. The number of nitrogens with zero attached hydrogens (tertiary/aromatic N) is 2. The lowest BCUT2D eigenvalue weighted by Gasteiger charge is -2.06. The zero-order valence-corrected chi connectivity index (χ0v) is 13.9. The van der Waals surface area contributed by atoms with Crippen LogP contribution in [0.5, 0.6) is 0 Å². The average molecular weight is 355 g/mol. The maximum Gasteiger partial charge on any atom is 0.257 e. The number of H-pyrrole nitrogens is 1. The molecule has 0 aliphatic rings. The van der Waals surface area contributed by atoms with Crippen LogP contribution in [0.15, 0.2) is 54.0 Å². The minimum Gasteiger partial charge on any atom is -0.336 e. The number of imidazole rings is 1. The van der Waals surface area contributed by atoms with Crippen LogP contribution in [-0.4, -0.2) is 20.9 Å². The third kappa shape index (κ3) is 2.77. The van der Waals surface area contributed by atoms with Gasteiger partial charge in [-0.2, -0.15) is 0 Å². The number of halogens is 1. The van der Waals surface area contributed by atoms with E-state index in [9.17, 15) is 4.79 Å². The van der Waals surface area contributed by atoms with Gasteiger partial charge in [0.05, 0.1) is 32.9 Å². The van der Waals surface area contributed by atoms with Crippen LogP contribution in [-0.2, 0) is 0 Å². The van der Waals surface area contributed by atoms with Crippen LogP contribution in [0.4, 0.5) is 5.69 Å². The first-order valence-corrected chi connectivity index (χ1v) is 8.42. The molecule has 0 fully saturated rings. The van der Waals surface area contributed by atoms with E-state index in [4.69, 9.17) is 11.6 Å². The second-order valence-corrected chi connectivity index (χ2v) is 6.45. The summed E-state index contributed by atoms with van der Waals surface area (Å²) in [6.07, 6.45) is 1.58. The van der Waals surface area contributed by atoms with Crippen molar-refractivity contribution in [1.82, 2.24) is 15.0 Å². The number of pyridine rings is 1. The molecule has 24 heavy (non-hydrogen) atoms. The topological polar surface area (TPSA) is 70.7 Å². The van der Waals surface area contributed by atoms with Crippen LogP contribution in [0.2, 0.25) is 5.02 Å². The van der Waals surface area contributed by atoms with E-state index < -0.39 is 0 Å². The number of carbonyl (C=O) groups is 1. The average Bonchev–Trinajstić information content (AvgIpc) is 3.24. The van der Waals surface area contributed by atoms with Crippen LogP contribution < -0.4 is 5.32 Å². The fourth-order valence-electron chi connectivity index (χ4n) is 2.34. The number of aromatic nitrogens is 3. The lowest BCUT2D eigenvalue weighted by atomic mass is 10.2. The highest BCUT2D eigenvalue weighted by Crippen LogP contribution is 2.25. The third-order valence-corrected chi connectivity index (χ3v) is 4.67. The number of nitrogens with one attached hydrogen (secondary N) is 2. The smallest absolute Gasteiger partial charge is 0.257 e. The van der Waals surface area contributed by atoms with Crippen molar-refractivity contribution in [3.8, 4) is 10.7 Å². The Balaban J connectivity index is 1.63. The number of hydrogen-bond acceptors (Lipinski definition) is 4. The molecule has 0 saturated heterocycles. The predicted molar refractivity (Wildman–Crippen MR) is 96.6 cm³/mol. The maximum absolute atomic E-state index is 12.3. The molecule has 0 saturated carbocycles. The second-order valence-electron chi connectivity index (χ2n) is 5.09. The summed E-state index contributed by atoms with van der Waals surface area (Å²) in [6.45, 7) is 0.